The van der Waals surface area contributed by atoms with Gasteiger partial charge in [-0.1, -0.05) is 42.5 Å². The standard InChI is InChI=1S/C26H24N6O2/c33-25-15-13-23(29-31-25)19-8-10-21(11-9-19)27-26(34)20-7-4-16-32(17-20)24-14-12-22(28-30-24)18-5-2-1-3-6-18/h1-3,5-6,8-15,20H,4,7,16-17H2,(H,27,34)(H,31,33). The lowest BCUT2D eigenvalue weighted by molar-refractivity contribution is -0.120. The van der Waals surface area contributed by atoms with Crippen LogP contribution in [0.2, 0.25) is 0 Å². The number of nitrogens with one attached hydrogen (secondary N) is 2. The van der Waals surface area contributed by atoms with Crippen LogP contribution in [0.25, 0.3) is 22.5 Å². The first-order valence-electron chi connectivity index (χ1n) is 11.3. The number of piperidine rings is 1. The molecule has 0 bridgehead atoms. The van der Waals surface area contributed by atoms with Crippen molar-refractivity contribution in [1.29, 1.82) is 0 Å². The molecule has 1 aliphatic rings. The highest BCUT2D eigenvalue weighted by molar-refractivity contribution is 5.93. The highest BCUT2D eigenvalue weighted by atomic mass is 16.2. The Bertz CT molecular complexity index is 1300. The monoisotopic (exact) mass is 452 g/mol. The van der Waals surface area contributed by atoms with Gasteiger partial charge in [0.1, 0.15) is 0 Å². The molecule has 8 heteroatoms. The zero-order valence-electron chi connectivity index (χ0n) is 18.5. The molecule has 1 unspecified atom stereocenters. The fourth-order valence-corrected chi connectivity index (χ4v) is 4.13. The minimum Gasteiger partial charge on any atom is -0.354 e. The molecule has 0 saturated carbocycles. The van der Waals surface area contributed by atoms with Gasteiger partial charge in [-0.15, -0.1) is 10.2 Å². The molecule has 1 saturated heterocycles. The second kappa shape index (κ2) is 9.66. The fourth-order valence-electron chi connectivity index (χ4n) is 4.13. The number of anilines is 2. The number of amides is 1. The van der Waals surface area contributed by atoms with Crippen LogP contribution in [-0.4, -0.2) is 39.4 Å². The van der Waals surface area contributed by atoms with Crippen LogP contribution in [0.1, 0.15) is 12.8 Å². The van der Waals surface area contributed by atoms with E-state index in [0.717, 1.165) is 47.7 Å². The quantitative estimate of drug-likeness (QED) is 0.478. The molecule has 0 aliphatic carbocycles. The van der Waals surface area contributed by atoms with E-state index in [0.29, 0.717) is 12.2 Å². The van der Waals surface area contributed by atoms with Crippen LogP contribution in [0.3, 0.4) is 0 Å². The summed E-state index contributed by atoms with van der Waals surface area (Å²) < 4.78 is 0. The maximum absolute atomic E-state index is 13.0. The molecule has 3 heterocycles. The molecule has 0 radical (unpaired) electrons. The number of hydrogen-bond donors (Lipinski definition) is 2. The van der Waals surface area contributed by atoms with E-state index in [1.54, 1.807) is 6.07 Å². The first-order chi connectivity index (χ1) is 16.7. The molecule has 5 rings (SSSR count). The van der Waals surface area contributed by atoms with E-state index in [2.05, 4.69) is 30.6 Å². The van der Waals surface area contributed by atoms with Crippen molar-refractivity contribution >= 4 is 17.4 Å². The fraction of sp³-hybridized carbons (Fsp3) is 0.192. The van der Waals surface area contributed by atoms with Crippen LogP contribution in [0.15, 0.2) is 83.7 Å². The van der Waals surface area contributed by atoms with Crippen molar-refractivity contribution in [3.05, 3.63) is 89.2 Å². The molecule has 2 aromatic carbocycles. The Morgan fingerprint density at radius 2 is 1.65 bits per heavy atom. The van der Waals surface area contributed by atoms with Gasteiger partial charge in [-0.2, -0.15) is 5.10 Å². The molecule has 4 aromatic rings. The number of carbonyl (C=O) groups excluding carboxylic acids is 1. The van der Waals surface area contributed by atoms with Gasteiger partial charge in [-0.3, -0.25) is 9.59 Å². The minimum atomic E-state index is -0.243. The van der Waals surface area contributed by atoms with Gasteiger partial charge in [0.05, 0.1) is 17.3 Å². The number of H-pyrrole nitrogens is 1. The molecule has 2 aromatic heterocycles. The summed E-state index contributed by atoms with van der Waals surface area (Å²) in [5.41, 5.74) is 3.86. The highest BCUT2D eigenvalue weighted by Gasteiger charge is 2.27. The molecule has 1 aliphatic heterocycles. The second-order valence-corrected chi connectivity index (χ2v) is 8.30. The van der Waals surface area contributed by atoms with E-state index >= 15 is 0 Å². The SMILES string of the molecule is O=C(Nc1ccc(-c2ccc(=O)[nH]n2)cc1)C1CCCN(c2ccc(-c3ccccc3)nn2)C1. The molecule has 8 nitrogen and oxygen atoms in total. The summed E-state index contributed by atoms with van der Waals surface area (Å²) >= 11 is 0. The van der Waals surface area contributed by atoms with E-state index in [4.69, 9.17) is 0 Å². The lowest BCUT2D eigenvalue weighted by Crippen LogP contribution is -2.41. The van der Waals surface area contributed by atoms with E-state index in [1.165, 1.54) is 6.07 Å². The number of carbonyl (C=O) groups is 1. The lowest BCUT2D eigenvalue weighted by atomic mass is 9.97. The van der Waals surface area contributed by atoms with E-state index in [-0.39, 0.29) is 17.4 Å². The van der Waals surface area contributed by atoms with Crippen LogP contribution in [0.5, 0.6) is 0 Å². The normalized spacial score (nSPS) is 15.6. The van der Waals surface area contributed by atoms with Crippen LogP contribution in [0, 0.1) is 5.92 Å². The number of nitrogens with zero attached hydrogens (tertiary/aromatic N) is 4. The van der Waals surface area contributed by atoms with Gasteiger partial charge < -0.3 is 10.2 Å². The average molecular weight is 453 g/mol. The number of benzene rings is 2. The van der Waals surface area contributed by atoms with Crippen molar-refractivity contribution < 1.29 is 4.79 Å². The Hall–Kier alpha value is -4.33. The zero-order chi connectivity index (χ0) is 23.3. The third-order valence-electron chi connectivity index (χ3n) is 5.96. The first-order valence-corrected chi connectivity index (χ1v) is 11.3. The van der Waals surface area contributed by atoms with Gasteiger partial charge >= 0.3 is 0 Å². The number of rotatable bonds is 5. The summed E-state index contributed by atoms with van der Waals surface area (Å²) in [6.07, 6.45) is 1.74. The Kier molecular flexibility index (Phi) is 6.11. The average Bonchev–Trinajstić information content (AvgIpc) is 2.90. The molecular formula is C26H24N6O2. The van der Waals surface area contributed by atoms with Gasteiger partial charge in [0.15, 0.2) is 5.82 Å². The number of hydrogen-bond acceptors (Lipinski definition) is 6. The largest absolute Gasteiger partial charge is 0.354 e. The maximum atomic E-state index is 13.0. The molecule has 1 amide bonds. The third kappa shape index (κ3) is 4.85. The van der Waals surface area contributed by atoms with Crippen molar-refractivity contribution in [3.63, 3.8) is 0 Å². The minimum absolute atomic E-state index is 0.00604. The lowest BCUT2D eigenvalue weighted by Gasteiger charge is -2.32. The molecule has 34 heavy (non-hydrogen) atoms. The van der Waals surface area contributed by atoms with Crippen molar-refractivity contribution in [2.75, 3.05) is 23.3 Å². The van der Waals surface area contributed by atoms with E-state index < -0.39 is 0 Å². The van der Waals surface area contributed by atoms with Crippen molar-refractivity contribution in [2.24, 2.45) is 5.92 Å². The van der Waals surface area contributed by atoms with Crippen LogP contribution in [0.4, 0.5) is 11.5 Å². The Labute approximate surface area is 196 Å². The Morgan fingerprint density at radius 3 is 2.35 bits per heavy atom. The highest BCUT2D eigenvalue weighted by Crippen LogP contribution is 2.25. The van der Waals surface area contributed by atoms with Crippen molar-refractivity contribution in [1.82, 2.24) is 20.4 Å². The van der Waals surface area contributed by atoms with Crippen LogP contribution >= 0.6 is 0 Å². The second-order valence-electron chi connectivity index (χ2n) is 8.30. The molecule has 0 spiro atoms. The van der Waals surface area contributed by atoms with Crippen LogP contribution < -0.4 is 15.8 Å². The predicted molar refractivity (Wildman–Crippen MR) is 131 cm³/mol. The summed E-state index contributed by atoms with van der Waals surface area (Å²) in [6.45, 7) is 1.45. The Balaban J connectivity index is 1.22. The summed E-state index contributed by atoms with van der Waals surface area (Å²) in [4.78, 5) is 26.3. The maximum Gasteiger partial charge on any atom is 0.264 e. The van der Waals surface area contributed by atoms with E-state index in [9.17, 15) is 9.59 Å². The summed E-state index contributed by atoms with van der Waals surface area (Å²) in [7, 11) is 0. The number of aromatic amines is 1. The summed E-state index contributed by atoms with van der Waals surface area (Å²) in [6, 6.07) is 24.4. The number of aromatic nitrogens is 4. The summed E-state index contributed by atoms with van der Waals surface area (Å²) in [5, 5.41) is 18.3. The van der Waals surface area contributed by atoms with Gasteiger partial charge in [-0.05, 0) is 43.2 Å². The van der Waals surface area contributed by atoms with Gasteiger partial charge in [0.2, 0.25) is 5.91 Å². The van der Waals surface area contributed by atoms with Crippen molar-refractivity contribution in [2.45, 2.75) is 12.8 Å². The Morgan fingerprint density at radius 1 is 0.882 bits per heavy atom. The van der Waals surface area contributed by atoms with E-state index in [1.807, 2.05) is 66.7 Å². The predicted octanol–water partition coefficient (Wildman–Crippen LogP) is 3.75. The molecule has 2 N–H and O–H groups in total. The van der Waals surface area contributed by atoms with Gasteiger partial charge in [0.25, 0.3) is 5.56 Å². The topological polar surface area (TPSA) is 104 Å². The zero-order valence-corrected chi connectivity index (χ0v) is 18.5. The van der Waals surface area contributed by atoms with Crippen LogP contribution in [-0.2, 0) is 4.79 Å². The van der Waals surface area contributed by atoms with Gasteiger partial charge in [-0.25, -0.2) is 5.10 Å². The molecule has 1 fully saturated rings. The smallest absolute Gasteiger partial charge is 0.264 e. The van der Waals surface area contributed by atoms with Crippen molar-refractivity contribution in [3.8, 4) is 22.5 Å². The van der Waals surface area contributed by atoms with Gasteiger partial charge in [0, 0.05) is 36.0 Å². The molecule has 170 valence electrons. The molecule has 1 atom stereocenters. The third-order valence-corrected chi connectivity index (χ3v) is 5.96. The first kappa shape index (κ1) is 21.5. The molecular weight excluding hydrogens is 428 g/mol. The summed E-state index contributed by atoms with van der Waals surface area (Å²) in [5.74, 6) is 0.647.